The maximum absolute atomic E-state index is 13.6. The lowest BCUT2D eigenvalue weighted by Gasteiger charge is -2.35. The molecule has 0 aromatic carbocycles. The highest BCUT2D eigenvalue weighted by molar-refractivity contribution is 7.90. The van der Waals surface area contributed by atoms with Gasteiger partial charge in [-0.2, -0.15) is 34.8 Å². The maximum Gasteiger partial charge on any atom is 0.305 e. The van der Waals surface area contributed by atoms with Crippen LogP contribution in [-0.2, 0) is 36.4 Å². The van der Waals surface area contributed by atoms with Crippen molar-refractivity contribution in [1.29, 1.82) is 0 Å². The third-order valence-electron chi connectivity index (χ3n) is 6.86. The van der Waals surface area contributed by atoms with Crippen LogP contribution in [0.15, 0.2) is 18.2 Å². The SMILES string of the molecule is O=S(=O)(N1CCOCC1)N1CCC(c2cc(N(Cc3ccc(Cl)s3)S(=O)(=O)N3CCOCC3)n[nH]2)CC1. The fourth-order valence-corrected chi connectivity index (χ4v) is 9.07. The molecule has 206 valence electrons. The fourth-order valence-electron chi connectivity index (χ4n) is 4.78. The summed E-state index contributed by atoms with van der Waals surface area (Å²) in [5, 5.41) is 7.40. The number of piperidine rings is 1. The number of hydrogen-bond donors (Lipinski definition) is 1. The predicted molar refractivity (Wildman–Crippen MR) is 140 cm³/mol. The number of aromatic nitrogens is 2. The number of nitrogens with one attached hydrogen (secondary N) is 1. The van der Waals surface area contributed by atoms with Gasteiger partial charge in [0.2, 0.25) is 0 Å². The van der Waals surface area contributed by atoms with Gasteiger partial charge in [-0.25, -0.2) is 4.31 Å². The van der Waals surface area contributed by atoms with E-state index in [0.717, 1.165) is 10.6 Å². The first-order valence-corrected chi connectivity index (χ1v) is 16.2. The van der Waals surface area contributed by atoms with Gasteiger partial charge in [0.1, 0.15) is 0 Å². The number of hydrogen-bond acceptors (Lipinski definition) is 8. The van der Waals surface area contributed by atoms with Crippen molar-refractivity contribution in [2.75, 3.05) is 70.0 Å². The molecule has 0 unspecified atom stereocenters. The van der Waals surface area contributed by atoms with Crippen LogP contribution >= 0.6 is 22.9 Å². The largest absolute Gasteiger partial charge is 0.379 e. The number of rotatable bonds is 8. The van der Waals surface area contributed by atoms with Crippen LogP contribution in [0.4, 0.5) is 5.82 Å². The Labute approximate surface area is 226 Å². The standard InChI is InChI=1S/C21H31ClN6O6S3/c22-20-2-1-18(35-20)16-28(37(31,32)27-9-13-34-14-10-27)21-15-19(23-24-21)17-3-5-25(6-4-17)36(29,30)26-7-11-33-12-8-26/h1-2,15,17H,3-14,16H2,(H,23,24). The minimum atomic E-state index is -3.86. The molecule has 0 atom stereocenters. The second kappa shape index (κ2) is 11.4. The molecule has 3 saturated heterocycles. The van der Waals surface area contributed by atoms with Crippen molar-refractivity contribution in [2.24, 2.45) is 0 Å². The lowest BCUT2D eigenvalue weighted by atomic mass is 9.95. The van der Waals surface area contributed by atoms with Crippen LogP contribution < -0.4 is 4.31 Å². The molecule has 0 saturated carbocycles. The Morgan fingerprint density at radius 2 is 1.54 bits per heavy atom. The van der Waals surface area contributed by atoms with E-state index in [1.165, 1.54) is 28.6 Å². The molecule has 0 bridgehead atoms. The molecule has 12 nitrogen and oxygen atoms in total. The summed E-state index contributed by atoms with van der Waals surface area (Å²) in [5.41, 5.74) is 0.796. The summed E-state index contributed by atoms with van der Waals surface area (Å²) in [6, 6.07) is 5.33. The highest BCUT2D eigenvalue weighted by Gasteiger charge is 2.36. The molecule has 2 aromatic rings. The predicted octanol–water partition coefficient (Wildman–Crippen LogP) is 1.46. The van der Waals surface area contributed by atoms with Crippen molar-refractivity contribution in [2.45, 2.75) is 25.3 Å². The van der Waals surface area contributed by atoms with E-state index in [0.29, 0.717) is 75.6 Å². The summed E-state index contributed by atoms with van der Waals surface area (Å²) >= 11 is 7.42. The van der Waals surface area contributed by atoms with Crippen molar-refractivity contribution in [3.8, 4) is 0 Å². The summed E-state index contributed by atoms with van der Waals surface area (Å²) in [5.74, 6) is 0.343. The van der Waals surface area contributed by atoms with Gasteiger partial charge in [0.05, 0.1) is 37.3 Å². The number of morpholine rings is 2. The van der Waals surface area contributed by atoms with Crippen molar-refractivity contribution in [1.82, 2.24) is 23.1 Å². The minimum Gasteiger partial charge on any atom is -0.379 e. The van der Waals surface area contributed by atoms with Crippen molar-refractivity contribution < 1.29 is 26.3 Å². The van der Waals surface area contributed by atoms with E-state index >= 15 is 0 Å². The van der Waals surface area contributed by atoms with E-state index in [9.17, 15) is 16.8 Å². The van der Waals surface area contributed by atoms with Crippen LogP contribution in [0, 0.1) is 0 Å². The van der Waals surface area contributed by atoms with Crippen molar-refractivity contribution >= 4 is 49.2 Å². The Kier molecular flexibility index (Phi) is 8.43. The number of thiophene rings is 1. The number of H-pyrrole nitrogens is 1. The van der Waals surface area contributed by atoms with Gasteiger partial charge in [0, 0.05) is 61.8 Å². The minimum absolute atomic E-state index is 0.0431. The average molecular weight is 595 g/mol. The molecule has 5 heterocycles. The van der Waals surface area contributed by atoms with Crippen LogP contribution in [0.25, 0.3) is 0 Å². The Balaban J connectivity index is 1.31. The van der Waals surface area contributed by atoms with E-state index in [1.807, 2.05) is 6.07 Å². The summed E-state index contributed by atoms with van der Waals surface area (Å²) in [6.07, 6.45) is 1.23. The fraction of sp³-hybridized carbons (Fsp3) is 0.667. The van der Waals surface area contributed by atoms with E-state index in [-0.39, 0.29) is 25.6 Å². The Bertz CT molecular complexity index is 1270. The molecule has 0 aliphatic carbocycles. The van der Waals surface area contributed by atoms with Gasteiger partial charge in [-0.1, -0.05) is 11.6 Å². The molecule has 3 aliphatic rings. The van der Waals surface area contributed by atoms with Crippen molar-refractivity contribution in [3.05, 3.63) is 33.1 Å². The Morgan fingerprint density at radius 3 is 2.14 bits per heavy atom. The van der Waals surface area contributed by atoms with Gasteiger partial charge in [0.25, 0.3) is 10.2 Å². The monoisotopic (exact) mass is 594 g/mol. The lowest BCUT2D eigenvalue weighted by molar-refractivity contribution is 0.0696. The smallest absolute Gasteiger partial charge is 0.305 e. The van der Waals surface area contributed by atoms with Gasteiger partial charge < -0.3 is 9.47 Å². The van der Waals surface area contributed by atoms with Crippen molar-refractivity contribution in [3.63, 3.8) is 0 Å². The number of halogens is 1. The molecule has 0 amide bonds. The third kappa shape index (κ3) is 5.99. The molecule has 5 rings (SSSR count). The molecule has 0 radical (unpaired) electrons. The summed E-state index contributed by atoms with van der Waals surface area (Å²) in [4.78, 5) is 0.799. The van der Waals surface area contributed by atoms with Gasteiger partial charge in [-0.15, -0.1) is 11.3 Å². The van der Waals surface area contributed by atoms with Gasteiger partial charge in [0.15, 0.2) is 5.82 Å². The summed E-state index contributed by atoms with van der Waals surface area (Å²) < 4.78 is 70.1. The first-order chi connectivity index (χ1) is 17.7. The average Bonchev–Trinajstić information content (AvgIpc) is 3.57. The van der Waals surface area contributed by atoms with Gasteiger partial charge in [-0.3, -0.25) is 5.10 Å². The third-order valence-corrected chi connectivity index (χ3v) is 12.0. The zero-order valence-electron chi connectivity index (χ0n) is 20.3. The zero-order valence-corrected chi connectivity index (χ0v) is 23.5. The number of aromatic amines is 1. The number of nitrogens with zero attached hydrogens (tertiary/aromatic N) is 5. The Hall–Kier alpha value is -1.30. The molecule has 3 aliphatic heterocycles. The molecular weight excluding hydrogens is 564 g/mol. The second-order valence-electron chi connectivity index (χ2n) is 9.11. The molecule has 1 N–H and O–H groups in total. The van der Waals surface area contributed by atoms with Crippen LogP contribution in [0.5, 0.6) is 0 Å². The van der Waals surface area contributed by atoms with E-state index in [1.54, 1.807) is 12.1 Å². The van der Waals surface area contributed by atoms with E-state index in [2.05, 4.69) is 10.2 Å². The zero-order chi connectivity index (χ0) is 26.0. The molecule has 3 fully saturated rings. The van der Waals surface area contributed by atoms with Crippen LogP contribution in [0.3, 0.4) is 0 Å². The quantitative estimate of drug-likeness (QED) is 0.490. The Morgan fingerprint density at radius 1 is 0.946 bits per heavy atom. The van der Waals surface area contributed by atoms with Crippen LogP contribution in [0.2, 0.25) is 4.34 Å². The summed E-state index contributed by atoms with van der Waals surface area (Å²) in [7, 11) is -7.38. The lowest BCUT2D eigenvalue weighted by Crippen LogP contribution is -2.50. The highest BCUT2D eigenvalue weighted by atomic mass is 35.5. The van der Waals surface area contributed by atoms with Gasteiger partial charge in [-0.05, 0) is 25.0 Å². The van der Waals surface area contributed by atoms with Crippen LogP contribution in [-0.4, -0.2) is 106 Å². The second-order valence-corrected chi connectivity index (χ2v) is 14.7. The molecule has 2 aromatic heterocycles. The summed E-state index contributed by atoms with van der Waals surface area (Å²) in [6.45, 7) is 3.69. The van der Waals surface area contributed by atoms with Crippen LogP contribution in [0.1, 0.15) is 29.3 Å². The molecular formula is C21H31ClN6O6S3. The van der Waals surface area contributed by atoms with Gasteiger partial charge >= 0.3 is 10.2 Å². The highest BCUT2D eigenvalue weighted by Crippen LogP contribution is 2.33. The maximum atomic E-state index is 13.6. The van der Waals surface area contributed by atoms with E-state index in [4.69, 9.17) is 21.1 Å². The topological polar surface area (TPSA) is 128 Å². The number of ether oxygens (including phenoxy) is 2. The molecule has 0 spiro atoms. The first-order valence-electron chi connectivity index (χ1n) is 12.2. The normalized spacial score (nSPS) is 21.9. The molecule has 16 heteroatoms. The first kappa shape index (κ1) is 27.3. The number of anilines is 1. The molecule has 37 heavy (non-hydrogen) atoms. The van der Waals surface area contributed by atoms with E-state index < -0.39 is 20.4 Å².